The van der Waals surface area contributed by atoms with E-state index in [0.29, 0.717) is 16.0 Å². The van der Waals surface area contributed by atoms with Crippen LogP contribution < -0.4 is 0 Å². The Kier molecular flexibility index (Phi) is 3.21. The van der Waals surface area contributed by atoms with E-state index in [4.69, 9.17) is 0 Å². The summed E-state index contributed by atoms with van der Waals surface area (Å²) < 4.78 is 13.8. The maximum atomic E-state index is 12.9. The second-order valence-electron chi connectivity index (χ2n) is 3.39. The summed E-state index contributed by atoms with van der Waals surface area (Å²) in [6, 6.07) is 7.80. The highest BCUT2D eigenvalue weighted by Crippen LogP contribution is 2.25. The smallest absolute Gasteiger partial charge is 0.203 e. The average Bonchev–Trinajstić information content (AvgIpc) is 2.64. The van der Waals surface area contributed by atoms with Crippen molar-refractivity contribution in [2.75, 3.05) is 0 Å². The van der Waals surface area contributed by atoms with Crippen LogP contribution in [0.1, 0.15) is 20.8 Å². The number of carbonyl (C=O) groups is 1. The van der Waals surface area contributed by atoms with Gasteiger partial charge in [-0.05, 0) is 58.7 Å². The maximum absolute atomic E-state index is 12.9. The molecule has 16 heavy (non-hydrogen) atoms. The van der Waals surface area contributed by atoms with E-state index in [-0.39, 0.29) is 11.6 Å². The lowest BCUT2D eigenvalue weighted by atomic mass is 10.0. The van der Waals surface area contributed by atoms with Crippen LogP contribution >= 0.6 is 27.3 Å². The van der Waals surface area contributed by atoms with Gasteiger partial charge in [0.25, 0.3) is 0 Å². The molecule has 0 saturated heterocycles. The van der Waals surface area contributed by atoms with Crippen molar-refractivity contribution in [1.29, 1.82) is 0 Å². The van der Waals surface area contributed by atoms with E-state index in [1.165, 1.54) is 29.5 Å². The predicted octanol–water partition coefficient (Wildman–Crippen LogP) is 4.19. The van der Waals surface area contributed by atoms with Crippen molar-refractivity contribution >= 4 is 33.0 Å². The number of hydrogen-bond donors (Lipinski definition) is 0. The molecule has 0 spiro atoms. The quantitative estimate of drug-likeness (QED) is 0.760. The van der Waals surface area contributed by atoms with Crippen molar-refractivity contribution < 1.29 is 9.18 Å². The molecular weight excluding hydrogens is 291 g/mol. The van der Waals surface area contributed by atoms with Gasteiger partial charge in [-0.25, -0.2) is 4.39 Å². The van der Waals surface area contributed by atoms with Crippen LogP contribution in [0.3, 0.4) is 0 Å². The Hall–Kier alpha value is -1.000. The molecule has 0 N–H and O–H groups in total. The van der Waals surface area contributed by atoms with Crippen LogP contribution in [0, 0.1) is 12.7 Å². The van der Waals surface area contributed by atoms with Crippen molar-refractivity contribution in [3.05, 3.63) is 55.9 Å². The number of halogens is 2. The molecule has 0 unspecified atom stereocenters. The second kappa shape index (κ2) is 4.47. The molecule has 0 aliphatic heterocycles. The third-order valence-electron chi connectivity index (χ3n) is 2.23. The van der Waals surface area contributed by atoms with Crippen LogP contribution in [-0.2, 0) is 0 Å². The van der Waals surface area contributed by atoms with Crippen LogP contribution in [0.5, 0.6) is 0 Å². The molecule has 1 nitrogen and oxygen atoms in total. The highest BCUT2D eigenvalue weighted by Gasteiger charge is 2.13. The summed E-state index contributed by atoms with van der Waals surface area (Å²) >= 11 is 4.69. The summed E-state index contributed by atoms with van der Waals surface area (Å²) in [7, 11) is 0. The number of rotatable bonds is 2. The van der Waals surface area contributed by atoms with E-state index in [0.717, 1.165) is 3.79 Å². The van der Waals surface area contributed by atoms with Crippen molar-refractivity contribution in [3.8, 4) is 0 Å². The highest BCUT2D eigenvalue weighted by molar-refractivity contribution is 9.11. The Bertz CT molecular complexity index is 548. The normalized spacial score (nSPS) is 10.4. The van der Waals surface area contributed by atoms with E-state index in [9.17, 15) is 9.18 Å². The maximum Gasteiger partial charge on any atom is 0.203 e. The van der Waals surface area contributed by atoms with Gasteiger partial charge in [0.2, 0.25) is 5.78 Å². The van der Waals surface area contributed by atoms with Crippen molar-refractivity contribution in [1.82, 2.24) is 0 Å². The van der Waals surface area contributed by atoms with Gasteiger partial charge in [0.1, 0.15) is 5.82 Å². The highest BCUT2D eigenvalue weighted by atomic mass is 79.9. The summed E-state index contributed by atoms with van der Waals surface area (Å²) in [6.07, 6.45) is 0. The first-order valence-electron chi connectivity index (χ1n) is 4.64. The van der Waals surface area contributed by atoms with Gasteiger partial charge >= 0.3 is 0 Å². The van der Waals surface area contributed by atoms with Crippen molar-refractivity contribution in [2.45, 2.75) is 6.92 Å². The molecule has 82 valence electrons. The molecule has 0 amide bonds. The van der Waals surface area contributed by atoms with Crippen molar-refractivity contribution in [2.24, 2.45) is 0 Å². The van der Waals surface area contributed by atoms with Gasteiger partial charge < -0.3 is 0 Å². The van der Waals surface area contributed by atoms with Gasteiger partial charge in [-0.2, -0.15) is 0 Å². The van der Waals surface area contributed by atoms with E-state index in [1.807, 2.05) is 6.07 Å². The monoisotopic (exact) mass is 298 g/mol. The SMILES string of the molecule is Cc1cc(F)ccc1C(=O)c1ccc(Br)s1. The largest absolute Gasteiger partial charge is 0.288 e. The molecule has 0 fully saturated rings. The fourth-order valence-electron chi connectivity index (χ4n) is 1.45. The van der Waals surface area contributed by atoms with Gasteiger partial charge in [-0.1, -0.05) is 0 Å². The summed E-state index contributed by atoms with van der Waals surface area (Å²) in [6.45, 7) is 1.74. The van der Waals surface area contributed by atoms with Crippen LogP contribution in [0.2, 0.25) is 0 Å². The molecule has 0 bridgehead atoms. The third kappa shape index (κ3) is 2.23. The minimum Gasteiger partial charge on any atom is -0.288 e. The molecule has 0 atom stereocenters. The van der Waals surface area contributed by atoms with Crippen LogP contribution in [-0.4, -0.2) is 5.78 Å². The number of thiophene rings is 1. The van der Waals surface area contributed by atoms with Crippen LogP contribution in [0.15, 0.2) is 34.1 Å². The third-order valence-corrected chi connectivity index (χ3v) is 3.85. The van der Waals surface area contributed by atoms with E-state index < -0.39 is 0 Å². The van der Waals surface area contributed by atoms with E-state index >= 15 is 0 Å². The Labute approximate surface area is 105 Å². The number of hydrogen-bond acceptors (Lipinski definition) is 2. The zero-order chi connectivity index (χ0) is 11.7. The minimum atomic E-state index is -0.318. The molecule has 0 aliphatic rings. The number of aryl methyl sites for hydroxylation is 1. The molecule has 0 saturated carbocycles. The topological polar surface area (TPSA) is 17.1 Å². The standard InChI is InChI=1S/C12H8BrFOS/c1-7-6-8(14)2-3-9(7)12(15)10-4-5-11(13)16-10/h2-6H,1H3. The van der Waals surface area contributed by atoms with E-state index in [1.54, 1.807) is 13.0 Å². The second-order valence-corrected chi connectivity index (χ2v) is 5.86. The van der Waals surface area contributed by atoms with Crippen LogP contribution in [0.25, 0.3) is 0 Å². The molecule has 2 aromatic rings. The molecular formula is C12H8BrFOS. The lowest BCUT2D eigenvalue weighted by Gasteiger charge is -2.02. The fourth-order valence-corrected chi connectivity index (χ4v) is 2.79. The average molecular weight is 299 g/mol. The molecule has 1 heterocycles. The van der Waals surface area contributed by atoms with Crippen molar-refractivity contribution in [3.63, 3.8) is 0 Å². The summed E-state index contributed by atoms with van der Waals surface area (Å²) in [5, 5.41) is 0. The Morgan fingerprint density at radius 1 is 1.31 bits per heavy atom. The Balaban J connectivity index is 2.41. The van der Waals surface area contributed by atoms with Gasteiger partial charge in [0, 0.05) is 5.56 Å². The summed E-state index contributed by atoms with van der Waals surface area (Å²) in [5.74, 6) is -0.380. The fraction of sp³-hybridized carbons (Fsp3) is 0.0833. The zero-order valence-electron chi connectivity index (χ0n) is 8.46. The lowest BCUT2D eigenvalue weighted by Crippen LogP contribution is -2.01. The van der Waals surface area contributed by atoms with E-state index in [2.05, 4.69) is 15.9 Å². The molecule has 0 radical (unpaired) electrons. The Morgan fingerprint density at radius 2 is 2.06 bits per heavy atom. The Morgan fingerprint density at radius 3 is 2.62 bits per heavy atom. The first-order chi connectivity index (χ1) is 7.58. The lowest BCUT2D eigenvalue weighted by molar-refractivity contribution is 0.104. The molecule has 4 heteroatoms. The minimum absolute atomic E-state index is 0.0619. The van der Waals surface area contributed by atoms with Gasteiger partial charge in [-0.15, -0.1) is 11.3 Å². The first-order valence-corrected chi connectivity index (χ1v) is 6.25. The van der Waals surface area contributed by atoms with Crippen LogP contribution in [0.4, 0.5) is 4.39 Å². The summed E-state index contributed by atoms with van der Waals surface area (Å²) in [4.78, 5) is 12.7. The first kappa shape index (κ1) is 11.5. The van der Waals surface area contributed by atoms with Gasteiger partial charge in [-0.3, -0.25) is 4.79 Å². The molecule has 0 aliphatic carbocycles. The predicted molar refractivity (Wildman–Crippen MR) is 66.6 cm³/mol. The zero-order valence-corrected chi connectivity index (χ0v) is 10.9. The molecule has 2 rings (SSSR count). The van der Waals surface area contributed by atoms with Gasteiger partial charge in [0.05, 0.1) is 8.66 Å². The summed E-state index contributed by atoms with van der Waals surface area (Å²) in [5.41, 5.74) is 1.21. The molecule has 1 aromatic carbocycles. The molecule has 1 aromatic heterocycles. The number of carbonyl (C=O) groups excluding carboxylic acids is 1. The number of benzene rings is 1. The van der Waals surface area contributed by atoms with Gasteiger partial charge in [0.15, 0.2) is 0 Å². The number of ketones is 1.